The minimum absolute atomic E-state index is 0.503. The van der Waals surface area contributed by atoms with Crippen molar-refractivity contribution in [3.63, 3.8) is 0 Å². The molecule has 0 radical (unpaired) electrons. The molecular formula is C10H20N4. The van der Waals surface area contributed by atoms with Crippen LogP contribution in [0.2, 0.25) is 0 Å². The fourth-order valence-electron chi connectivity index (χ4n) is 2.09. The van der Waals surface area contributed by atoms with E-state index in [1.54, 1.807) is 0 Å². The second-order valence-corrected chi connectivity index (χ2v) is 4.24. The maximum Gasteiger partial charge on any atom is 0.0771 e. The molecule has 0 heterocycles. The SMILES string of the molecule is CN(CCC1CCCCC1)CN=[N+]=[N-]. The third kappa shape index (κ3) is 4.49. The van der Waals surface area contributed by atoms with E-state index in [-0.39, 0.29) is 0 Å². The van der Waals surface area contributed by atoms with Gasteiger partial charge in [-0.05, 0) is 31.5 Å². The summed E-state index contributed by atoms with van der Waals surface area (Å²) in [5, 5.41) is 3.54. The highest BCUT2D eigenvalue weighted by Crippen LogP contribution is 2.26. The molecule has 80 valence electrons. The van der Waals surface area contributed by atoms with Crippen molar-refractivity contribution in [1.82, 2.24) is 4.90 Å². The summed E-state index contributed by atoms with van der Waals surface area (Å²) in [4.78, 5) is 4.85. The van der Waals surface area contributed by atoms with E-state index in [4.69, 9.17) is 5.53 Å². The van der Waals surface area contributed by atoms with Gasteiger partial charge in [0.25, 0.3) is 0 Å². The van der Waals surface area contributed by atoms with E-state index in [0.717, 1.165) is 12.5 Å². The van der Waals surface area contributed by atoms with Gasteiger partial charge in [-0.3, -0.25) is 0 Å². The van der Waals surface area contributed by atoms with Gasteiger partial charge in [0.1, 0.15) is 0 Å². The topological polar surface area (TPSA) is 52.0 Å². The Bertz CT molecular complexity index is 192. The van der Waals surface area contributed by atoms with Gasteiger partial charge in [-0.1, -0.05) is 37.2 Å². The molecule has 1 aliphatic carbocycles. The van der Waals surface area contributed by atoms with Gasteiger partial charge in [0.05, 0.1) is 6.67 Å². The first-order valence-electron chi connectivity index (χ1n) is 5.52. The second kappa shape index (κ2) is 6.68. The lowest BCUT2D eigenvalue weighted by atomic mass is 9.87. The molecule has 0 aromatic rings. The lowest BCUT2D eigenvalue weighted by Gasteiger charge is -2.23. The highest BCUT2D eigenvalue weighted by Gasteiger charge is 2.13. The van der Waals surface area contributed by atoms with Gasteiger partial charge in [0.15, 0.2) is 0 Å². The van der Waals surface area contributed by atoms with E-state index < -0.39 is 0 Å². The van der Waals surface area contributed by atoms with Gasteiger partial charge in [0, 0.05) is 4.91 Å². The monoisotopic (exact) mass is 196 g/mol. The standard InChI is InChI=1S/C10H20N4/c1-14(9-12-13-11)8-7-10-5-3-2-4-6-10/h10H,2-9H2,1H3. The minimum atomic E-state index is 0.503. The van der Waals surface area contributed by atoms with Crippen molar-refractivity contribution in [2.75, 3.05) is 20.3 Å². The lowest BCUT2D eigenvalue weighted by molar-refractivity contribution is 0.269. The number of nitrogens with zero attached hydrogens (tertiary/aromatic N) is 4. The van der Waals surface area contributed by atoms with Crippen molar-refractivity contribution >= 4 is 0 Å². The Morgan fingerprint density at radius 3 is 2.71 bits per heavy atom. The van der Waals surface area contributed by atoms with Crippen LogP contribution < -0.4 is 0 Å². The summed E-state index contributed by atoms with van der Waals surface area (Å²) in [6, 6.07) is 0. The quantitative estimate of drug-likeness (QED) is 0.378. The van der Waals surface area contributed by atoms with Gasteiger partial charge in [0.2, 0.25) is 0 Å². The van der Waals surface area contributed by atoms with Gasteiger partial charge in [-0.25, -0.2) is 0 Å². The zero-order valence-electron chi connectivity index (χ0n) is 9.02. The van der Waals surface area contributed by atoms with E-state index in [9.17, 15) is 0 Å². The van der Waals surface area contributed by atoms with Crippen LogP contribution in [0, 0.1) is 5.92 Å². The Labute approximate surface area is 85.9 Å². The van der Waals surface area contributed by atoms with Gasteiger partial charge in [-0.15, -0.1) is 0 Å². The predicted octanol–water partition coefficient (Wildman–Crippen LogP) is 3.16. The third-order valence-electron chi connectivity index (χ3n) is 3.01. The molecule has 0 atom stereocenters. The van der Waals surface area contributed by atoms with Crippen LogP contribution in [0.1, 0.15) is 38.5 Å². The molecule has 4 heteroatoms. The Balaban J connectivity index is 2.08. The van der Waals surface area contributed by atoms with Gasteiger partial charge in [-0.2, -0.15) is 0 Å². The lowest BCUT2D eigenvalue weighted by Crippen LogP contribution is -2.22. The molecule has 14 heavy (non-hydrogen) atoms. The fourth-order valence-corrected chi connectivity index (χ4v) is 2.09. The number of hydrogen-bond donors (Lipinski definition) is 0. The van der Waals surface area contributed by atoms with Crippen molar-refractivity contribution in [2.24, 2.45) is 11.0 Å². The van der Waals surface area contributed by atoms with Crippen LogP contribution in [-0.4, -0.2) is 25.2 Å². The summed E-state index contributed by atoms with van der Waals surface area (Å²) in [5.41, 5.74) is 8.16. The fraction of sp³-hybridized carbons (Fsp3) is 1.00. The number of hydrogen-bond acceptors (Lipinski definition) is 2. The minimum Gasteiger partial charge on any atom is -0.301 e. The molecule has 0 aromatic carbocycles. The van der Waals surface area contributed by atoms with E-state index in [0.29, 0.717) is 6.67 Å². The molecule has 1 saturated carbocycles. The van der Waals surface area contributed by atoms with Crippen molar-refractivity contribution in [3.8, 4) is 0 Å². The van der Waals surface area contributed by atoms with Crippen LogP contribution in [-0.2, 0) is 0 Å². The summed E-state index contributed by atoms with van der Waals surface area (Å²) in [5.74, 6) is 0.914. The van der Waals surface area contributed by atoms with E-state index in [2.05, 4.69) is 14.9 Å². The van der Waals surface area contributed by atoms with Gasteiger partial charge >= 0.3 is 0 Å². The first-order valence-corrected chi connectivity index (χ1v) is 5.52. The molecule has 1 rings (SSSR count). The molecular weight excluding hydrogens is 176 g/mol. The largest absolute Gasteiger partial charge is 0.301 e. The predicted molar refractivity (Wildman–Crippen MR) is 57.8 cm³/mol. The normalized spacial score (nSPS) is 18.1. The highest BCUT2D eigenvalue weighted by molar-refractivity contribution is 4.67. The smallest absolute Gasteiger partial charge is 0.0771 e. The second-order valence-electron chi connectivity index (χ2n) is 4.24. The van der Waals surface area contributed by atoms with E-state index >= 15 is 0 Å². The average Bonchev–Trinajstić information content (AvgIpc) is 2.25. The Kier molecular flexibility index (Phi) is 5.42. The van der Waals surface area contributed by atoms with Crippen LogP contribution in [0.5, 0.6) is 0 Å². The summed E-state index contributed by atoms with van der Waals surface area (Å²) >= 11 is 0. The number of azide groups is 1. The maximum atomic E-state index is 8.16. The molecule has 0 aliphatic heterocycles. The molecule has 0 aromatic heterocycles. The van der Waals surface area contributed by atoms with Crippen molar-refractivity contribution in [2.45, 2.75) is 38.5 Å². The molecule has 0 amide bonds. The summed E-state index contributed by atoms with van der Waals surface area (Å²) < 4.78 is 0. The zero-order valence-corrected chi connectivity index (χ0v) is 9.02. The molecule has 1 fully saturated rings. The van der Waals surface area contributed by atoms with E-state index in [1.807, 2.05) is 7.05 Å². The third-order valence-corrected chi connectivity index (χ3v) is 3.01. The molecule has 0 N–H and O–H groups in total. The first-order chi connectivity index (χ1) is 6.83. The van der Waals surface area contributed by atoms with Gasteiger partial charge < -0.3 is 4.90 Å². The van der Waals surface area contributed by atoms with Crippen molar-refractivity contribution < 1.29 is 0 Å². The van der Waals surface area contributed by atoms with Crippen LogP contribution in [0.25, 0.3) is 10.4 Å². The molecule has 4 nitrogen and oxygen atoms in total. The summed E-state index contributed by atoms with van der Waals surface area (Å²) in [7, 11) is 2.01. The molecule has 0 spiro atoms. The Hall–Kier alpha value is -0.730. The molecule has 1 aliphatic rings. The molecule has 0 saturated heterocycles. The highest BCUT2D eigenvalue weighted by atomic mass is 15.3. The van der Waals surface area contributed by atoms with Crippen LogP contribution in [0.15, 0.2) is 5.11 Å². The molecule has 0 bridgehead atoms. The Morgan fingerprint density at radius 1 is 1.36 bits per heavy atom. The zero-order chi connectivity index (χ0) is 10.2. The maximum absolute atomic E-state index is 8.16. The van der Waals surface area contributed by atoms with Crippen LogP contribution >= 0.6 is 0 Å². The number of rotatable bonds is 5. The van der Waals surface area contributed by atoms with E-state index in [1.165, 1.54) is 38.5 Å². The van der Waals surface area contributed by atoms with Crippen LogP contribution in [0.3, 0.4) is 0 Å². The first kappa shape index (κ1) is 11.3. The van der Waals surface area contributed by atoms with Crippen molar-refractivity contribution in [1.29, 1.82) is 0 Å². The Morgan fingerprint density at radius 2 is 2.07 bits per heavy atom. The van der Waals surface area contributed by atoms with Crippen molar-refractivity contribution in [3.05, 3.63) is 10.4 Å². The van der Waals surface area contributed by atoms with Crippen LogP contribution in [0.4, 0.5) is 0 Å². The molecule has 0 unspecified atom stereocenters. The summed E-state index contributed by atoms with van der Waals surface area (Å²) in [6.07, 6.45) is 8.29. The summed E-state index contributed by atoms with van der Waals surface area (Å²) in [6.45, 7) is 1.56. The average molecular weight is 196 g/mol.